The molecule has 0 amide bonds. The molecule has 1 aromatic heterocycles. The van der Waals surface area contributed by atoms with Gasteiger partial charge < -0.3 is 9.47 Å². The SMILES string of the molecule is CCCCN(CCCC)CCOc1ccc2cc3ccc(OCCN(CCCC)CCCC)cc3nc2c1. The van der Waals surface area contributed by atoms with E-state index in [0.29, 0.717) is 13.2 Å². The second kappa shape index (κ2) is 17.3. The van der Waals surface area contributed by atoms with Crippen molar-refractivity contribution in [1.82, 2.24) is 14.8 Å². The van der Waals surface area contributed by atoms with Gasteiger partial charge in [0.25, 0.3) is 0 Å². The average Bonchev–Trinajstić information content (AvgIpc) is 2.94. The monoisotopic (exact) mass is 521 g/mol. The molecule has 0 fully saturated rings. The Bertz CT molecular complexity index is 974. The number of unbranched alkanes of at least 4 members (excludes halogenated alkanes) is 4. The lowest BCUT2D eigenvalue weighted by atomic mass is 10.1. The zero-order valence-electron chi connectivity index (χ0n) is 24.5. The van der Waals surface area contributed by atoms with E-state index in [0.717, 1.165) is 72.6 Å². The summed E-state index contributed by atoms with van der Waals surface area (Å²) in [6, 6.07) is 14.7. The molecular weight excluding hydrogens is 470 g/mol. The van der Waals surface area contributed by atoms with Crippen LogP contribution >= 0.6 is 0 Å². The predicted octanol–water partition coefficient (Wildman–Crippen LogP) is 7.95. The molecule has 3 rings (SSSR count). The number of hydrogen-bond acceptors (Lipinski definition) is 5. The number of fused-ring (bicyclic) bond motifs is 2. The first-order valence-corrected chi connectivity index (χ1v) is 15.2. The van der Waals surface area contributed by atoms with Crippen LogP contribution < -0.4 is 9.47 Å². The summed E-state index contributed by atoms with van der Waals surface area (Å²) < 4.78 is 12.3. The van der Waals surface area contributed by atoms with Crippen LogP contribution in [0.25, 0.3) is 21.8 Å². The summed E-state index contributed by atoms with van der Waals surface area (Å²) in [6.45, 7) is 17.0. The van der Waals surface area contributed by atoms with E-state index in [9.17, 15) is 0 Å². The molecule has 1 heterocycles. The zero-order chi connectivity index (χ0) is 27.0. The molecule has 3 aromatic rings. The summed E-state index contributed by atoms with van der Waals surface area (Å²) in [5.74, 6) is 1.78. The highest BCUT2D eigenvalue weighted by Gasteiger charge is 2.08. The highest BCUT2D eigenvalue weighted by Crippen LogP contribution is 2.26. The van der Waals surface area contributed by atoms with E-state index >= 15 is 0 Å². The first-order chi connectivity index (χ1) is 18.7. The van der Waals surface area contributed by atoms with Crippen molar-refractivity contribution in [2.24, 2.45) is 0 Å². The fraction of sp³-hybridized carbons (Fsp3) is 0.606. The van der Waals surface area contributed by atoms with Gasteiger partial charge in [-0.05, 0) is 82.2 Å². The van der Waals surface area contributed by atoms with Gasteiger partial charge in [-0.15, -0.1) is 0 Å². The molecule has 0 aliphatic heterocycles. The maximum absolute atomic E-state index is 6.16. The molecule has 210 valence electrons. The van der Waals surface area contributed by atoms with Gasteiger partial charge in [0.05, 0.1) is 11.0 Å². The van der Waals surface area contributed by atoms with Gasteiger partial charge in [0.2, 0.25) is 0 Å². The molecule has 0 N–H and O–H groups in total. The molecule has 0 atom stereocenters. The summed E-state index contributed by atoms with van der Waals surface area (Å²) >= 11 is 0. The van der Waals surface area contributed by atoms with Crippen molar-refractivity contribution < 1.29 is 9.47 Å². The number of benzene rings is 2. The van der Waals surface area contributed by atoms with Gasteiger partial charge in [-0.25, -0.2) is 4.98 Å². The van der Waals surface area contributed by atoms with Crippen LogP contribution in [0, 0.1) is 0 Å². The number of rotatable bonds is 20. The molecule has 38 heavy (non-hydrogen) atoms. The van der Waals surface area contributed by atoms with E-state index in [-0.39, 0.29) is 0 Å². The quantitative estimate of drug-likeness (QED) is 0.141. The molecule has 0 saturated heterocycles. The van der Waals surface area contributed by atoms with Gasteiger partial charge >= 0.3 is 0 Å². The highest BCUT2D eigenvalue weighted by atomic mass is 16.5. The molecular formula is C33H51N3O2. The van der Waals surface area contributed by atoms with E-state index in [1.807, 2.05) is 0 Å². The third-order valence-corrected chi connectivity index (χ3v) is 7.22. The van der Waals surface area contributed by atoms with Gasteiger partial charge in [-0.3, -0.25) is 9.80 Å². The molecule has 5 nitrogen and oxygen atoms in total. The van der Waals surface area contributed by atoms with E-state index < -0.39 is 0 Å². The van der Waals surface area contributed by atoms with Gasteiger partial charge in [0, 0.05) is 36.0 Å². The van der Waals surface area contributed by atoms with Crippen LogP contribution in [0.1, 0.15) is 79.1 Å². The number of ether oxygens (including phenoxy) is 2. The van der Waals surface area contributed by atoms with Crippen LogP contribution in [0.3, 0.4) is 0 Å². The molecule has 0 saturated carbocycles. The summed E-state index contributed by atoms with van der Waals surface area (Å²) in [6.07, 6.45) is 9.93. The van der Waals surface area contributed by atoms with Gasteiger partial charge in [0.1, 0.15) is 24.7 Å². The zero-order valence-corrected chi connectivity index (χ0v) is 24.5. The van der Waals surface area contributed by atoms with Gasteiger partial charge in [0.15, 0.2) is 0 Å². The summed E-state index contributed by atoms with van der Waals surface area (Å²) in [4.78, 5) is 10.0. The van der Waals surface area contributed by atoms with Crippen molar-refractivity contribution in [2.75, 3.05) is 52.5 Å². The van der Waals surface area contributed by atoms with Crippen molar-refractivity contribution in [3.8, 4) is 11.5 Å². The van der Waals surface area contributed by atoms with Crippen LogP contribution in [0.2, 0.25) is 0 Å². The second-order valence-corrected chi connectivity index (χ2v) is 10.5. The average molecular weight is 522 g/mol. The molecule has 0 aliphatic carbocycles. The molecule has 0 bridgehead atoms. The maximum atomic E-state index is 6.16. The van der Waals surface area contributed by atoms with Gasteiger partial charge in [-0.1, -0.05) is 53.4 Å². The molecule has 5 heteroatoms. The number of hydrogen-bond donors (Lipinski definition) is 0. The Labute approximate surface area is 231 Å². The van der Waals surface area contributed by atoms with E-state index in [1.54, 1.807) is 0 Å². The van der Waals surface area contributed by atoms with Crippen LogP contribution in [0.5, 0.6) is 11.5 Å². The number of nitrogens with zero attached hydrogens (tertiary/aromatic N) is 3. The number of pyridine rings is 1. The van der Waals surface area contributed by atoms with Gasteiger partial charge in [-0.2, -0.15) is 0 Å². The lowest BCUT2D eigenvalue weighted by Crippen LogP contribution is -2.30. The Morgan fingerprint density at radius 2 is 0.921 bits per heavy atom. The molecule has 0 unspecified atom stereocenters. The fourth-order valence-electron chi connectivity index (χ4n) is 4.74. The summed E-state index contributed by atoms with van der Waals surface area (Å²) in [5, 5.41) is 2.27. The van der Waals surface area contributed by atoms with Crippen molar-refractivity contribution >= 4 is 21.8 Å². The third kappa shape index (κ3) is 10.1. The van der Waals surface area contributed by atoms with E-state index in [4.69, 9.17) is 14.5 Å². The molecule has 0 aliphatic rings. The van der Waals surface area contributed by atoms with E-state index in [1.165, 1.54) is 51.4 Å². The highest BCUT2D eigenvalue weighted by molar-refractivity contribution is 5.93. The Hall–Kier alpha value is -2.37. The first-order valence-electron chi connectivity index (χ1n) is 15.2. The normalized spacial score (nSPS) is 11.7. The molecule has 0 radical (unpaired) electrons. The van der Waals surface area contributed by atoms with E-state index in [2.05, 4.69) is 80.0 Å². The molecule has 2 aromatic carbocycles. The molecule has 0 spiro atoms. The van der Waals surface area contributed by atoms with Crippen LogP contribution in [-0.4, -0.2) is 67.3 Å². The lowest BCUT2D eigenvalue weighted by Gasteiger charge is -2.22. The Balaban J connectivity index is 1.60. The minimum absolute atomic E-state index is 0.706. The Kier molecular flexibility index (Phi) is 13.7. The van der Waals surface area contributed by atoms with Crippen molar-refractivity contribution in [3.05, 3.63) is 42.5 Å². The smallest absolute Gasteiger partial charge is 0.121 e. The number of aromatic nitrogens is 1. The van der Waals surface area contributed by atoms with Crippen LogP contribution in [0.4, 0.5) is 0 Å². The van der Waals surface area contributed by atoms with Crippen LogP contribution in [-0.2, 0) is 0 Å². The Morgan fingerprint density at radius 3 is 1.29 bits per heavy atom. The topological polar surface area (TPSA) is 37.8 Å². The van der Waals surface area contributed by atoms with Crippen molar-refractivity contribution in [2.45, 2.75) is 79.1 Å². The Morgan fingerprint density at radius 1 is 0.526 bits per heavy atom. The minimum Gasteiger partial charge on any atom is -0.492 e. The van der Waals surface area contributed by atoms with Crippen molar-refractivity contribution in [1.29, 1.82) is 0 Å². The second-order valence-electron chi connectivity index (χ2n) is 10.5. The third-order valence-electron chi connectivity index (χ3n) is 7.22. The first kappa shape index (κ1) is 30.2. The van der Waals surface area contributed by atoms with Crippen molar-refractivity contribution in [3.63, 3.8) is 0 Å². The lowest BCUT2D eigenvalue weighted by molar-refractivity contribution is 0.204. The largest absolute Gasteiger partial charge is 0.492 e. The summed E-state index contributed by atoms with van der Waals surface area (Å²) in [5.41, 5.74) is 1.93. The van der Waals surface area contributed by atoms with Crippen LogP contribution in [0.15, 0.2) is 42.5 Å². The predicted molar refractivity (Wildman–Crippen MR) is 163 cm³/mol. The minimum atomic E-state index is 0.706. The maximum Gasteiger partial charge on any atom is 0.121 e. The summed E-state index contributed by atoms with van der Waals surface area (Å²) in [7, 11) is 0. The fourth-order valence-corrected chi connectivity index (χ4v) is 4.74. The standard InChI is InChI=1S/C33H51N3O2/c1-5-9-17-35(18-10-6-2)21-23-37-30-15-13-28-25-29-14-16-31(27-33(29)34-32(28)26-30)38-24-22-36(19-11-7-3)20-12-8-4/h13-16,25-27H,5-12,17-24H2,1-4H3.